The van der Waals surface area contributed by atoms with Crippen LogP contribution in [0.1, 0.15) is 24.8 Å². The van der Waals surface area contributed by atoms with E-state index in [1.165, 1.54) is 6.42 Å². The van der Waals surface area contributed by atoms with E-state index in [-0.39, 0.29) is 18.4 Å². The van der Waals surface area contributed by atoms with E-state index < -0.39 is 0 Å². The van der Waals surface area contributed by atoms with Crippen molar-refractivity contribution in [3.05, 3.63) is 34.9 Å². The lowest BCUT2D eigenvalue weighted by Gasteiger charge is -2.27. The van der Waals surface area contributed by atoms with Gasteiger partial charge < -0.3 is 16.4 Å². The molecule has 0 aromatic heterocycles. The third-order valence-corrected chi connectivity index (χ3v) is 3.65. The number of piperidine rings is 1. The summed E-state index contributed by atoms with van der Waals surface area (Å²) < 4.78 is 0. The van der Waals surface area contributed by atoms with Gasteiger partial charge in [-0.15, -0.1) is 12.4 Å². The van der Waals surface area contributed by atoms with E-state index >= 15 is 0 Å². The van der Waals surface area contributed by atoms with Gasteiger partial charge in [-0.1, -0.05) is 29.8 Å². The maximum Gasteiger partial charge on any atom is 0.218 e. The third kappa shape index (κ3) is 5.44. The van der Waals surface area contributed by atoms with E-state index in [4.69, 9.17) is 23.1 Å². The number of aliphatic imine (C=N–C) groups is 2. The predicted molar refractivity (Wildman–Crippen MR) is 91.1 cm³/mol. The fourth-order valence-electron chi connectivity index (χ4n) is 2.14. The molecular weight excluding hydrogens is 309 g/mol. The molecule has 0 unspecified atom stereocenters. The number of nitrogens with zero attached hydrogens (tertiary/aromatic N) is 3. The van der Waals surface area contributed by atoms with Crippen molar-refractivity contribution >= 4 is 35.9 Å². The Kier molecular flexibility index (Phi) is 7.32. The minimum absolute atomic E-state index is 0. The molecule has 0 atom stereocenters. The van der Waals surface area contributed by atoms with Crippen LogP contribution in [0.2, 0.25) is 5.02 Å². The quantitative estimate of drug-likeness (QED) is 0.645. The van der Waals surface area contributed by atoms with E-state index in [0.717, 1.165) is 31.5 Å². The summed E-state index contributed by atoms with van der Waals surface area (Å²) in [4.78, 5) is 10.4. The van der Waals surface area contributed by atoms with Crippen molar-refractivity contribution in [2.75, 3.05) is 13.1 Å². The Morgan fingerprint density at radius 2 is 1.81 bits per heavy atom. The summed E-state index contributed by atoms with van der Waals surface area (Å²) in [6.45, 7) is 2.28. The standard InChI is InChI=1S/C14H20ClN5.ClH/c15-12-7-3-2-6-11(12)10-18-13(16)19-14(17)20-8-4-1-5-9-20;/h2-3,6-7H,1,4-5,8-10H2,(H4,16,17,18,19);1H. The van der Waals surface area contributed by atoms with Gasteiger partial charge >= 0.3 is 0 Å². The van der Waals surface area contributed by atoms with Crippen LogP contribution in [-0.2, 0) is 6.54 Å². The highest BCUT2D eigenvalue weighted by molar-refractivity contribution is 6.31. The van der Waals surface area contributed by atoms with Gasteiger partial charge in [-0.3, -0.25) is 0 Å². The normalized spacial score (nSPS) is 16.5. The van der Waals surface area contributed by atoms with E-state index in [9.17, 15) is 0 Å². The van der Waals surface area contributed by atoms with Gasteiger partial charge in [0.15, 0.2) is 5.96 Å². The van der Waals surface area contributed by atoms with Crippen molar-refractivity contribution in [3.63, 3.8) is 0 Å². The molecule has 116 valence electrons. The number of likely N-dealkylation sites (tertiary alicyclic amines) is 1. The summed E-state index contributed by atoms with van der Waals surface area (Å²) in [6.07, 6.45) is 3.54. The smallest absolute Gasteiger partial charge is 0.218 e. The van der Waals surface area contributed by atoms with Crippen molar-refractivity contribution in [2.24, 2.45) is 21.5 Å². The molecule has 21 heavy (non-hydrogen) atoms. The lowest BCUT2D eigenvalue weighted by Crippen LogP contribution is -2.41. The van der Waals surface area contributed by atoms with Gasteiger partial charge in [0.25, 0.3) is 0 Å². The summed E-state index contributed by atoms with van der Waals surface area (Å²) in [5.41, 5.74) is 12.6. The van der Waals surface area contributed by atoms with Gasteiger partial charge in [0.2, 0.25) is 5.96 Å². The highest BCUT2D eigenvalue weighted by Gasteiger charge is 2.12. The summed E-state index contributed by atoms with van der Waals surface area (Å²) in [5.74, 6) is 0.637. The molecule has 1 aromatic carbocycles. The molecule has 1 saturated heterocycles. The molecule has 0 spiro atoms. The Morgan fingerprint density at radius 3 is 2.48 bits per heavy atom. The lowest BCUT2D eigenvalue weighted by molar-refractivity contribution is 0.339. The van der Waals surface area contributed by atoms with Crippen molar-refractivity contribution in [1.82, 2.24) is 4.90 Å². The Bertz CT molecular complexity index is 510. The molecule has 1 aromatic rings. The van der Waals surface area contributed by atoms with Crippen LogP contribution < -0.4 is 11.5 Å². The molecule has 1 aliphatic rings. The minimum Gasteiger partial charge on any atom is -0.369 e. The van der Waals surface area contributed by atoms with Gasteiger partial charge in [0, 0.05) is 18.1 Å². The fourth-order valence-corrected chi connectivity index (χ4v) is 2.33. The molecule has 0 bridgehead atoms. The number of halogens is 2. The Morgan fingerprint density at radius 1 is 1.14 bits per heavy atom. The Hall–Kier alpha value is -1.46. The van der Waals surface area contributed by atoms with E-state index in [1.54, 1.807) is 0 Å². The predicted octanol–water partition coefficient (Wildman–Crippen LogP) is 2.38. The zero-order chi connectivity index (χ0) is 14.4. The summed E-state index contributed by atoms with van der Waals surface area (Å²) in [7, 11) is 0. The van der Waals surface area contributed by atoms with Crippen LogP contribution >= 0.6 is 24.0 Å². The third-order valence-electron chi connectivity index (χ3n) is 3.28. The minimum atomic E-state index is 0. The van der Waals surface area contributed by atoms with Gasteiger partial charge in [-0.05, 0) is 30.9 Å². The van der Waals surface area contributed by atoms with Crippen molar-refractivity contribution < 1.29 is 0 Å². The number of hydrogen-bond donors (Lipinski definition) is 2. The van der Waals surface area contributed by atoms with Crippen LogP contribution in [0.4, 0.5) is 0 Å². The number of rotatable bonds is 2. The largest absolute Gasteiger partial charge is 0.369 e. The second-order valence-electron chi connectivity index (χ2n) is 4.78. The van der Waals surface area contributed by atoms with E-state index in [1.807, 2.05) is 29.2 Å². The van der Waals surface area contributed by atoms with Crippen molar-refractivity contribution in [1.29, 1.82) is 0 Å². The molecule has 5 nitrogen and oxygen atoms in total. The van der Waals surface area contributed by atoms with Gasteiger partial charge in [-0.25, -0.2) is 4.99 Å². The van der Waals surface area contributed by atoms with E-state index in [0.29, 0.717) is 17.5 Å². The molecule has 0 radical (unpaired) electrons. The second-order valence-corrected chi connectivity index (χ2v) is 5.19. The molecule has 1 aliphatic heterocycles. The molecule has 2 rings (SSSR count). The zero-order valence-electron chi connectivity index (χ0n) is 11.8. The first-order chi connectivity index (χ1) is 9.66. The van der Waals surface area contributed by atoms with Gasteiger partial charge in [0.05, 0.1) is 6.54 Å². The first kappa shape index (κ1) is 17.6. The number of nitrogens with two attached hydrogens (primary N) is 2. The number of guanidine groups is 2. The molecule has 1 heterocycles. The number of hydrogen-bond acceptors (Lipinski definition) is 1. The monoisotopic (exact) mass is 329 g/mol. The maximum atomic E-state index is 6.06. The first-order valence-corrected chi connectivity index (χ1v) is 7.17. The van der Waals surface area contributed by atoms with Gasteiger partial charge in [0.1, 0.15) is 0 Å². The molecule has 7 heteroatoms. The average Bonchev–Trinajstić information content (AvgIpc) is 2.47. The molecule has 1 fully saturated rings. The molecule has 4 N–H and O–H groups in total. The van der Waals surface area contributed by atoms with Crippen LogP contribution in [0.5, 0.6) is 0 Å². The maximum absolute atomic E-state index is 6.06. The molecular formula is C14H21Cl2N5. The van der Waals surface area contributed by atoms with E-state index in [2.05, 4.69) is 9.98 Å². The molecule has 0 aliphatic carbocycles. The van der Waals surface area contributed by atoms with Crippen LogP contribution in [0.15, 0.2) is 34.3 Å². The van der Waals surface area contributed by atoms with Crippen LogP contribution in [0, 0.1) is 0 Å². The Labute approximate surface area is 136 Å². The van der Waals surface area contributed by atoms with Crippen LogP contribution in [-0.4, -0.2) is 29.9 Å². The topological polar surface area (TPSA) is 80.0 Å². The number of benzene rings is 1. The van der Waals surface area contributed by atoms with Crippen LogP contribution in [0.25, 0.3) is 0 Å². The highest BCUT2D eigenvalue weighted by atomic mass is 35.5. The zero-order valence-corrected chi connectivity index (χ0v) is 13.4. The summed E-state index contributed by atoms with van der Waals surface area (Å²) in [6, 6.07) is 7.54. The molecule has 0 saturated carbocycles. The average molecular weight is 330 g/mol. The summed E-state index contributed by atoms with van der Waals surface area (Å²) in [5, 5.41) is 0.678. The van der Waals surface area contributed by atoms with Crippen LogP contribution in [0.3, 0.4) is 0 Å². The first-order valence-electron chi connectivity index (χ1n) is 6.79. The van der Waals surface area contributed by atoms with Crippen molar-refractivity contribution in [2.45, 2.75) is 25.8 Å². The fraction of sp³-hybridized carbons (Fsp3) is 0.429. The Balaban J connectivity index is 0.00000220. The van der Waals surface area contributed by atoms with Gasteiger partial charge in [-0.2, -0.15) is 4.99 Å². The SMILES string of the molecule is Cl.NC(=NCc1ccccc1Cl)N=C(N)N1CCCCC1. The van der Waals surface area contributed by atoms with Crippen molar-refractivity contribution in [3.8, 4) is 0 Å². The molecule has 0 amide bonds. The second kappa shape index (κ2) is 8.74. The summed E-state index contributed by atoms with van der Waals surface area (Å²) >= 11 is 6.06. The lowest BCUT2D eigenvalue weighted by atomic mass is 10.1. The highest BCUT2D eigenvalue weighted by Crippen LogP contribution is 2.15.